The molecule has 0 saturated carbocycles. The van der Waals surface area contributed by atoms with Crippen molar-refractivity contribution in [2.24, 2.45) is 5.41 Å². The van der Waals surface area contributed by atoms with Crippen LogP contribution in [0.4, 0.5) is 15.5 Å². The van der Waals surface area contributed by atoms with Crippen LogP contribution in [0.15, 0.2) is 12.4 Å². The van der Waals surface area contributed by atoms with Gasteiger partial charge in [-0.25, -0.2) is 24.5 Å². The second-order valence-electron chi connectivity index (χ2n) is 8.95. The molecule has 2 heterocycles. The van der Waals surface area contributed by atoms with E-state index in [0.29, 0.717) is 11.5 Å². The molecule has 2 N–H and O–H groups in total. The fraction of sp³-hybridized carbons (Fsp3) is 0.684. The normalized spacial score (nSPS) is 16.4. The first-order valence-electron chi connectivity index (χ1n) is 9.43. The maximum absolute atomic E-state index is 12.6. The molecule has 0 radical (unpaired) electrons. The van der Waals surface area contributed by atoms with E-state index in [0.717, 1.165) is 31.1 Å². The van der Waals surface area contributed by atoms with E-state index in [1.54, 1.807) is 33.2 Å². The monoisotopic (exact) mass is 393 g/mol. The number of aromatic nitrogens is 2. The fourth-order valence-corrected chi connectivity index (χ4v) is 3.14. The van der Waals surface area contributed by atoms with Gasteiger partial charge in [0.15, 0.2) is 0 Å². The van der Waals surface area contributed by atoms with Crippen molar-refractivity contribution in [3.8, 4) is 0 Å². The van der Waals surface area contributed by atoms with Gasteiger partial charge in [-0.1, -0.05) is 20.8 Å². The standard InChI is InChI=1S/C19H31N5O4/c1-18(2,3)14(24(16(25)26)17(27)28-19(4,5)6)13-11-21-15(22-12-13)23-9-7-20-8-10-23/h11-12,14,20H,7-10H2,1-6H3,(H,25,26). The first kappa shape index (κ1) is 21.9. The lowest BCUT2D eigenvalue weighted by atomic mass is 9.82. The van der Waals surface area contributed by atoms with E-state index in [4.69, 9.17) is 4.74 Å². The lowest BCUT2D eigenvalue weighted by molar-refractivity contribution is 0.00606. The van der Waals surface area contributed by atoms with Crippen molar-refractivity contribution < 1.29 is 19.4 Å². The highest BCUT2D eigenvalue weighted by Crippen LogP contribution is 2.38. The van der Waals surface area contributed by atoms with Gasteiger partial charge >= 0.3 is 12.2 Å². The van der Waals surface area contributed by atoms with E-state index in [1.165, 1.54) is 0 Å². The lowest BCUT2D eigenvalue weighted by Gasteiger charge is -2.38. The largest absolute Gasteiger partial charge is 0.465 e. The van der Waals surface area contributed by atoms with Gasteiger partial charge in [0.1, 0.15) is 5.60 Å². The molecule has 1 unspecified atom stereocenters. The van der Waals surface area contributed by atoms with Gasteiger partial charge in [-0.05, 0) is 26.2 Å². The molecule has 0 aromatic carbocycles. The third-order valence-electron chi connectivity index (χ3n) is 4.25. The van der Waals surface area contributed by atoms with Crippen molar-refractivity contribution in [1.82, 2.24) is 20.2 Å². The Labute approximate surface area is 166 Å². The Kier molecular flexibility index (Phi) is 6.48. The van der Waals surface area contributed by atoms with Crippen molar-refractivity contribution in [2.75, 3.05) is 31.1 Å². The number of ether oxygens (including phenoxy) is 1. The molecule has 9 nitrogen and oxygen atoms in total. The molecule has 1 aromatic heterocycles. The molecule has 28 heavy (non-hydrogen) atoms. The van der Waals surface area contributed by atoms with Crippen LogP contribution >= 0.6 is 0 Å². The maximum atomic E-state index is 12.6. The van der Waals surface area contributed by atoms with Crippen LogP contribution in [0.3, 0.4) is 0 Å². The average molecular weight is 393 g/mol. The van der Waals surface area contributed by atoms with E-state index in [-0.39, 0.29) is 0 Å². The molecule has 0 spiro atoms. The Bertz CT molecular complexity index is 688. The van der Waals surface area contributed by atoms with Crippen molar-refractivity contribution in [2.45, 2.75) is 53.2 Å². The number of nitrogens with one attached hydrogen (secondary N) is 1. The summed E-state index contributed by atoms with van der Waals surface area (Å²) in [7, 11) is 0. The Balaban J connectivity index is 2.36. The predicted octanol–water partition coefficient (Wildman–Crippen LogP) is 2.89. The second-order valence-corrected chi connectivity index (χ2v) is 8.95. The Morgan fingerprint density at radius 1 is 1.14 bits per heavy atom. The van der Waals surface area contributed by atoms with Crippen molar-refractivity contribution in [3.05, 3.63) is 18.0 Å². The van der Waals surface area contributed by atoms with Gasteiger partial charge in [0, 0.05) is 44.1 Å². The van der Waals surface area contributed by atoms with Crippen molar-refractivity contribution in [1.29, 1.82) is 0 Å². The molecule has 156 valence electrons. The summed E-state index contributed by atoms with van der Waals surface area (Å²) >= 11 is 0. The first-order valence-corrected chi connectivity index (χ1v) is 9.43. The summed E-state index contributed by atoms with van der Waals surface area (Å²) in [6.45, 7) is 14.0. The van der Waals surface area contributed by atoms with Gasteiger partial charge < -0.3 is 20.1 Å². The van der Waals surface area contributed by atoms with Gasteiger partial charge in [-0.15, -0.1) is 0 Å². The number of piperazine rings is 1. The number of hydrogen-bond acceptors (Lipinski definition) is 7. The smallest absolute Gasteiger partial charge is 0.420 e. The van der Waals surface area contributed by atoms with Crippen molar-refractivity contribution in [3.63, 3.8) is 0 Å². The topological polar surface area (TPSA) is 108 Å². The zero-order valence-corrected chi connectivity index (χ0v) is 17.5. The van der Waals surface area contributed by atoms with E-state index in [2.05, 4.69) is 20.2 Å². The Morgan fingerprint density at radius 2 is 1.68 bits per heavy atom. The van der Waals surface area contributed by atoms with Gasteiger partial charge in [0.25, 0.3) is 0 Å². The average Bonchev–Trinajstić information content (AvgIpc) is 2.57. The summed E-state index contributed by atoms with van der Waals surface area (Å²) in [4.78, 5) is 36.3. The zero-order valence-electron chi connectivity index (χ0n) is 17.5. The summed E-state index contributed by atoms with van der Waals surface area (Å²) in [6, 6.07) is -0.795. The minimum Gasteiger partial charge on any atom is -0.465 e. The molecule has 1 atom stereocenters. The number of carbonyl (C=O) groups excluding carboxylic acids is 1. The number of carboxylic acid groups (broad SMARTS) is 1. The van der Waals surface area contributed by atoms with E-state index in [9.17, 15) is 14.7 Å². The SMILES string of the molecule is CC(C)(C)OC(=O)N(C(=O)O)C(c1cnc(N2CCNCC2)nc1)C(C)(C)C. The van der Waals surface area contributed by atoms with Crippen LogP contribution < -0.4 is 10.2 Å². The van der Waals surface area contributed by atoms with Gasteiger partial charge in [0.05, 0.1) is 6.04 Å². The molecule has 1 aromatic rings. The maximum Gasteiger partial charge on any atom is 0.420 e. The molecule has 1 aliphatic heterocycles. The summed E-state index contributed by atoms with van der Waals surface area (Å²) < 4.78 is 5.33. The molecule has 2 rings (SSSR count). The van der Waals surface area contributed by atoms with Crippen LogP contribution in [0, 0.1) is 5.41 Å². The second kappa shape index (κ2) is 8.30. The molecule has 1 saturated heterocycles. The highest BCUT2D eigenvalue weighted by molar-refractivity contribution is 5.87. The Morgan fingerprint density at radius 3 is 2.11 bits per heavy atom. The predicted molar refractivity (Wildman–Crippen MR) is 105 cm³/mol. The van der Waals surface area contributed by atoms with Crippen LogP contribution in [0.5, 0.6) is 0 Å². The summed E-state index contributed by atoms with van der Waals surface area (Å²) in [5.41, 5.74) is -0.856. The number of amides is 2. The number of rotatable bonds is 3. The first-order chi connectivity index (χ1) is 12.9. The number of anilines is 1. The van der Waals surface area contributed by atoms with Crippen LogP contribution in [-0.4, -0.2) is 63.9 Å². The summed E-state index contributed by atoms with van der Waals surface area (Å²) in [6.07, 6.45) is 0.910. The lowest BCUT2D eigenvalue weighted by Crippen LogP contribution is -2.46. The highest BCUT2D eigenvalue weighted by atomic mass is 16.6. The fourth-order valence-electron chi connectivity index (χ4n) is 3.14. The van der Waals surface area contributed by atoms with Crippen LogP contribution in [0.1, 0.15) is 53.1 Å². The third kappa shape index (κ3) is 5.54. The van der Waals surface area contributed by atoms with E-state index >= 15 is 0 Å². The van der Waals surface area contributed by atoms with E-state index in [1.807, 2.05) is 20.8 Å². The molecule has 1 fully saturated rings. The van der Waals surface area contributed by atoms with Gasteiger partial charge in [-0.2, -0.15) is 0 Å². The minimum absolute atomic E-state index is 0.541. The quantitative estimate of drug-likeness (QED) is 0.807. The molecular weight excluding hydrogens is 362 g/mol. The summed E-state index contributed by atoms with van der Waals surface area (Å²) in [5.74, 6) is 0.594. The highest BCUT2D eigenvalue weighted by Gasteiger charge is 2.41. The zero-order chi connectivity index (χ0) is 21.1. The molecular formula is C19H31N5O4. The number of nitrogens with zero attached hydrogens (tertiary/aromatic N) is 4. The molecule has 0 aliphatic carbocycles. The number of imide groups is 1. The van der Waals surface area contributed by atoms with Gasteiger partial charge in [-0.3, -0.25) is 0 Å². The molecule has 1 aliphatic rings. The third-order valence-corrected chi connectivity index (χ3v) is 4.25. The number of carbonyl (C=O) groups is 2. The Hall–Kier alpha value is -2.42. The molecule has 9 heteroatoms. The minimum atomic E-state index is -1.37. The summed E-state index contributed by atoms with van der Waals surface area (Å²) in [5, 5.41) is 13.0. The van der Waals surface area contributed by atoms with E-state index < -0.39 is 29.2 Å². The van der Waals surface area contributed by atoms with Crippen molar-refractivity contribution >= 4 is 18.1 Å². The van der Waals surface area contributed by atoms with Crippen LogP contribution in [0.25, 0.3) is 0 Å². The molecule has 0 bridgehead atoms. The number of hydrogen-bond donors (Lipinski definition) is 2. The van der Waals surface area contributed by atoms with Gasteiger partial charge in [0.2, 0.25) is 5.95 Å². The van der Waals surface area contributed by atoms with Crippen LogP contribution in [0.2, 0.25) is 0 Å². The van der Waals surface area contributed by atoms with Crippen LogP contribution in [-0.2, 0) is 4.74 Å². The molecule has 2 amide bonds.